The van der Waals surface area contributed by atoms with Crippen LogP contribution in [0, 0.1) is 0 Å². The van der Waals surface area contributed by atoms with Crippen molar-refractivity contribution in [3.63, 3.8) is 0 Å². The van der Waals surface area contributed by atoms with Crippen molar-refractivity contribution in [2.24, 2.45) is 0 Å². The number of phenols is 1. The first-order valence-electron chi connectivity index (χ1n) is 8.76. The Kier molecular flexibility index (Phi) is 6.39. The first-order valence-corrected chi connectivity index (χ1v) is 9.58. The third-order valence-electron chi connectivity index (χ3n) is 3.79. The van der Waals surface area contributed by atoms with Crippen molar-refractivity contribution in [1.29, 1.82) is 0 Å². The molecule has 138 valence electrons. The second-order valence-electron chi connectivity index (χ2n) is 5.90. The van der Waals surface area contributed by atoms with Crippen molar-refractivity contribution in [1.82, 2.24) is 0 Å². The summed E-state index contributed by atoms with van der Waals surface area (Å²) in [5.41, 5.74) is 1.10. The fourth-order valence-corrected chi connectivity index (χ4v) is 3.38. The topological polar surface area (TPSA) is 58.6 Å². The molecule has 3 aromatic carbocycles. The number of hydrogen-bond acceptors (Lipinski definition) is 4. The monoisotopic (exact) mass is 379 g/mol. The smallest absolute Gasteiger partial charge is 0.255 e. The molecule has 0 bridgehead atoms. The summed E-state index contributed by atoms with van der Waals surface area (Å²) in [4.78, 5) is 14.2. The van der Waals surface area contributed by atoms with Gasteiger partial charge in [-0.2, -0.15) is 0 Å². The first kappa shape index (κ1) is 18.9. The van der Waals surface area contributed by atoms with E-state index in [0.717, 1.165) is 17.1 Å². The summed E-state index contributed by atoms with van der Waals surface area (Å²) < 4.78 is 5.54. The Hall–Kier alpha value is -2.92. The molecule has 0 saturated heterocycles. The Balaban J connectivity index is 1.77. The van der Waals surface area contributed by atoms with E-state index in [1.165, 1.54) is 11.8 Å². The minimum Gasteiger partial charge on any atom is -0.507 e. The summed E-state index contributed by atoms with van der Waals surface area (Å²) in [5.74, 6) is 0.633. The summed E-state index contributed by atoms with van der Waals surface area (Å²) in [6.07, 6.45) is 0.932. The molecule has 0 aliphatic carbocycles. The fraction of sp³-hybridized carbons (Fsp3) is 0.136. The van der Waals surface area contributed by atoms with Crippen molar-refractivity contribution in [2.75, 3.05) is 11.9 Å². The van der Waals surface area contributed by atoms with Gasteiger partial charge in [-0.3, -0.25) is 4.79 Å². The average molecular weight is 379 g/mol. The molecule has 0 spiro atoms. The number of aromatic hydroxyl groups is 1. The van der Waals surface area contributed by atoms with Crippen LogP contribution in [0.15, 0.2) is 82.6 Å². The molecule has 3 rings (SSSR count). The molecule has 5 heteroatoms. The first-order chi connectivity index (χ1) is 13.2. The van der Waals surface area contributed by atoms with Gasteiger partial charge >= 0.3 is 0 Å². The van der Waals surface area contributed by atoms with Gasteiger partial charge in [-0.25, -0.2) is 0 Å². The lowest BCUT2D eigenvalue weighted by Crippen LogP contribution is -2.12. The number of rotatable bonds is 7. The Morgan fingerprint density at radius 3 is 2.44 bits per heavy atom. The van der Waals surface area contributed by atoms with Crippen LogP contribution in [0.3, 0.4) is 0 Å². The van der Waals surface area contributed by atoms with E-state index in [1.54, 1.807) is 42.5 Å². The number of amides is 1. The largest absolute Gasteiger partial charge is 0.507 e. The van der Waals surface area contributed by atoms with E-state index in [2.05, 4.69) is 5.32 Å². The Labute approximate surface area is 163 Å². The van der Waals surface area contributed by atoms with Gasteiger partial charge in [0.1, 0.15) is 11.5 Å². The molecule has 4 nitrogen and oxygen atoms in total. The molecule has 2 N–H and O–H groups in total. The molecule has 0 aliphatic rings. The van der Waals surface area contributed by atoms with Gasteiger partial charge in [-0.05, 0) is 55.0 Å². The van der Waals surface area contributed by atoms with Gasteiger partial charge in [0.05, 0.1) is 17.2 Å². The van der Waals surface area contributed by atoms with Crippen LogP contribution >= 0.6 is 11.8 Å². The highest BCUT2D eigenvalue weighted by atomic mass is 32.2. The predicted molar refractivity (Wildman–Crippen MR) is 109 cm³/mol. The summed E-state index contributed by atoms with van der Waals surface area (Å²) in [6, 6.07) is 21.8. The van der Waals surface area contributed by atoms with Crippen LogP contribution in [-0.2, 0) is 0 Å². The second-order valence-corrected chi connectivity index (χ2v) is 6.98. The van der Waals surface area contributed by atoms with E-state index < -0.39 is 0 Å². The third kappa shape index (κ3) is 5.05. The van der Waals surface area contributed by atoms with Crippen LogP contribution < -0.4 is 10.1 Å². The lowest BCUT2D eigenvalue weighted by molar-refractivity contribution is 0.102. The molecule has 3 aromatic rings. The Morgan fingerprint density at radius 1 is 1.00 bits per heavy atom. The van der Waals surface area contributed by atoms with E-state index in [0.29, 0.717) is 22.8 Å². The van der Waals surface area contributed by atoms with Gasteiger partial charge in [-0.15, -0.1) is 0 Å². The number of phenolic OH excluding ortho intramolecular Hbond substituents is 1. The summed E-state index contributed by atoms with van der Waals surface area (Å²) in [6.45, 7) is 2.69. The van der Waals surface area contributed by atoms with Crippen molar-refractivity contribution in [3.05, 3.63) is 78.4 Å². The number of carbonyl (C=O) groups is 1. The van der Waals surface area contributed by atoms with Crippen molar-refractivity contribution >= 4 is 23.4 Å². The molecule has 0 unspecified atom stereocenters. The Bertz CT molecular complexity index is 895. The van der Waals surface area contributed by atoms with Crippen LogP contribution in [0.1, 0.15) is 23.7 Å². The minimum atomic E-state index is -0.238. The number of carbonyl (C=O) groups excluding carboxylic acids is 1. The van der Waals surface area contributed by atoms with Crippen LogP contribution in [0.4, 0.5) is 5.69 Å². The maximum atomic E-state index is 12.6. The van der Waals surface area contributed by atoms with E-state index in [-0.39, 0.29) is 11.7 Å². The zero-order valence-corrected chi connectivity index (χ0v) is 15.8. The van der Waals surface area contributed by atoms with Crippen molar-refractivity contribution < 1.29 is 14.6 Å². The zero-order valence-electron chi connectivity index (χ0n) is 15.0. The summed E-state index contributed by atoms with van der Waals surface area (Å²) in [5, 5.41) is 13.2. The SMILES string of the molecule is CCCOc1ccc(C(=O)Nc2cccc(O)c2Sc2ccccc2)cc1. The molecular formula is C22H21NO3S. The van der Waals surface area contributed by atoms with Gasteiger partial charge < -0.3 is 15.2 Å². The van der Waals surface area contributed by atoms with Crippen LogP contribution in [-0.4, -0.2) is 17.6 Å². The molecule has 0 aromatic heterocycles. The minimum absolute atomic E-state index is 0.130. The lowest BCUT2D eigenvalue weighted by atomic mass is 10.2. The molecule has 1 amide bonds. The number of ether oxygens (including phenoxy) is 1. The highest BCUT2D eigenvalue weighted by Gasteiger charge is 2.13. The molecular weight excluding hydrogens is 358 g/mol. The van der Waals surface area contributed by atoms with Gasteiger partial charge in [0.25, 0.3) is 5.91 Å². The van der Waals surface area contributed by atoms with Crippen LogP contribution in [0.2, 0.25) is 0 Å². The number of anilines is 1. The molecule has 0 aliphatic heterocycles. The van der Waals surface area contributed by atoms with E-state index in [1.807, 2.05) is 37.3 Å². The summed E-state index contributed by atoms with van der Waals surface area (Å²) >= 11 is 1.40. The summed E-state index contributed by atoms with van der Waals surface area (Å²) in [7, 11) is 0. The molecule has 0 heterocycles. The standard InChI is InChI=1S/C22H21NO3S/c1-2-15-26-17-13-11-16(12-14-17)22(25)23-19-9-6-10-20(24)21(19)27-18-7-4-3-5-8-18/h3-14,24H,2,15H2,1H3,(H,23,25). The van der Waals surface area contributed by atoms with Crippen molar-refractivity contribution in [3.8, 4) is 11.5 Å². The number of benzene rings is 3. The van der Waals surface area contributed by atoms with E-state index in [9.17, 15) is 9.90 Å². The normalized spacial score (nSPS) is 10.4. The predicted octanol–water partition coefficient (Wildman–Crippen LogP) is 5.58. The molecule has 0 atom stereocenters. The average Bonchev–Trinajstić information content (AvgIpc) is 2.70. The molecule has 0 saturated carbocycles. The maximum Gasteiger partial charge on any atom is 0.255 e. The van der Waals surface area contributed by atoms with E-state index >= 15 is 0 Å². The van der Waals surface area contributed by atoms with Gasteiger partial charge in [0.2, 0.25) is 0 Å². The molecule has 27 heavy (non-hydrogen) atoms. The van der Waals surface area contributed by atoms with E-state index in [4.69, 9.17) is 4.74 Å². The van der Waals surface area contributed by atoms with Crippen LogP contribution in [0.5, 0.6) is 11.5 Å². The quantitative estimate of drug-likeness (QED) is 0.562. The molecule has 0 radical (unpaired) electrons. The fourth-order valence-electron chi connectivity index (χ4n) is 2.45. The maximum absolute atomic E-state index is 12.6. The zero-order chi connectivity index (χ0) is 19.1. The third-order valence-corrected chi connectivity index (χ3v) is 4.94. The number of nitrogens with one attached hydrogen (secondary N) is 1. The van der Waals surface area contributed by atoms with Crippen LogP contribution in [0.25, 0.3) is 0 Å². The van der Waals surface area contributed by atoms with Gasteiger partial charge in [-0.1, -0.05) is 43.0 Å². The van der Waals surface area contributed by atoms with Gasteiger partial charge in [0.15, 0.2) is 0 Å². The molecule has 0 fully saturated rings. The highest BCUT2D eigenvalue weighted by molar-refractivity contribution is 7.99. The van der Waals surface area contributed by atoms with Gasteiger partial charge in [0, 0.05) is 10.5 Å². The lowest BCUT2D eigenvalue weighted by Gasteiger charge is -2.13. The Morgan fingerprint density at radius 2 is 1.74 bits per heavy atom. The second kappa shape index (κ2) is 9.14. The number of hydrogen-bond donors (Lipinski definition) is 2. The van der Waals surface area contributed by atoms with Crippen molar-refractivity contribution in [2.45, 2.75) is 23.1 Å². The highest BCUT2D eigenvalue weighted by Crippen LogP contribution is 2.39.